The Labute approximate surface area is 419 Å². The van der Waals surface area contributed by atoms with Crippen LogP contribution in [0, 0.1) is 16.7 Å². The lowest BCUT2D eigenvalue weighted by Gasteiger charge is -2.67. The molecule has 3 saturated heterocycles. The van der Waals surface area contributed by atoms with Gasteiger partial charge < -0.3 is 77.6 Å². The first kappa shape index (κ1) is 56.3. The van der Waals surface area contributed by atoms with Crippen LogP contribution in [-0.4, -0.2) is 173 Å². The van der Waals surface area contributed by atoms with Crippen molar-refractivity contribution >= 4 is 11.9 Å². The number of hydrogen-bond donors (Lipinski definition) is 5. The summed E-state index contributed by atoms with van der Waals surface area (Å²) in [5.41, 5.74) is -6.10. The third kappa shape index (κ3) is 9.54. The molecule has 22 atom stereocenters. The number of carbonyl (C=O) groups is 2. The van der Waals surface area contributed by atoms with Crippen molar-refractivity contribution in [3.8, 4) is 0 Å². The monoisotopic (exact) mass is 1010 g/mol. The number of hydrogen-bond acceptors (Lipinski definition) is 18. The Balaban J connectivity index is 1.05. The van der Waals surface area contributed by atoms with Crippen LogP contribution in [0.1, 0.15) is 134 Å². The highest BCUT2D eigenvalue weighted by molar-refractivity contribution is 5.88. The van der Waals surface area contributed by atoms with E-state index in [4.69, 9.17) is 52.1 Å². The molecule has 22 unspecified atom stereocenters. The topological polar surface area (TPSA) is 237 Å². The second-order valence-electron chi connectivity index (χ2n) is 22.2. The first-order valence-corrected chi connectivity index (χ1v) is 25.7. The van der Waals surface area contributed by atoms with Gasteiger partial charge in [-0.2, -0.15) is 0 Å². The molecule has 3 saturated carbocycles. The van der Waals surface area contributed by atoms with E-state index >= 15 is 0 Å². The van der Waals surface area contributed by atoms with Gasteiger partial charge in [0.05, 0.1) is 42.0 Å². The highest BCUT2D eigenvalue weighted by atomic mass is 16.8. The van der Waals surface area contributed by atoms with Crippen molar-refractivity contribution in [2.45, 2.75) is 248 Å². The lowest BCUT2D eigenvalue weighted by molar-refractivity contribution is -0.364. The molecular formula is C53H84O18. The molecule has 7 aliphatic rings. The summed E-state index contributed by atoms with van der Waals surface area (Å²) >= 11 is 0. The van der Waals surface area contributed by atoms with Gasteiger partial charge in [-0.05, 0) is 113 Å². The van der Waals surface area contributed by atoms with Crippen molar-refractivity contribution in [1.82, 2.24) is 0 Å². The fourth-order valence-electron chi connectivity index (χ4n) is 13.8. The zero-order valence-corrected chi connectivity index (χ0v) is 44.4. The van der Waals surface area contributed by atoms with Gasteiger partial charge >= 0.3 is 11.9 Å². The summed E-state index contributed by atoms with van der Waals surface area (Å²) in [6.07, 6.45) is -3.48. The van der Waals surface area contributed by atoms with Gasteiger partial charge in [-0.25, -0.2) is 9.59 Å². The SMILES string of the molecule is CC=C(C)C(=O)OC(C)C1(O)CCC2(O)C3(O)CC=C4CC(OC5(C)CC(OC)C(OC6CC(OC)C(OC7OC(C)C(O)C(OC)C7O)C(C)O6)C(C)O5)CCC4(C)C3CC(OC(=O)C(C)=CC)C12C. The minimum absolute atomic E-state index is 0.00996. The Bertz CT molecular complexity index is 2030. The molecule has 0 aromatic rings. The van der Waals surface area contributed by atoms with Gasteiger partial charge in [0.15, 0.2) is 18.4 Å². The minimum atomic E-state index is -1.96. The third-order valence-electron chi connectivity index (χ3n) is 18.5. The molecule has 5 N–H and O–H groups in total. The van der Waals surface area contributed by atoms with Crippen LogP contribution in [0.3, 0.4) is 0 Å². The van der Waals surface area contributed by atoms with E-state index in [2.05, 4.69) is 6.92 Å². The standard InChI is InChI=1S/C53H84O18/c1-15-27(3)45(56)66-32(8)51(58)21-22-53(60)50(51,11)38(67-46(57)28(4)16-2)25-37-48(9)19-18-34(23-33(48)17-20-52(37,53)59)71-49(10)26-36(62-13)43(31(7)70-49)68-39-24-35(61-12)42(30(6)64-39)69-47-41(55)44(63-14)40(54)29(5)65-47/h15-17,29-32,34-44,47,54-55,58-60H,18-26H2,1-14H3. The molecule has 4 aliphatic carbocycles. The van der Waals surface area contributed by atoms with Crippen LogP contribution >= 0.6 is 0 Å². The van der Waals surface area contributed by atoms with E-state index in [1.165, 1.54) is 7.11 Å². The summed E-state index contributed by atoms with van der Waals surface area (Å²) < 4.78 is 68.2. The van der Waals surface area contributed by atoms with Gasteiger partial charge in [0.25, 0.3) is 0 Å². The highest BCUT2D eigenvalue weighted by Crippen LogP contribution is 2.71. The molecule has 0 amide bonds. The Morgan fingerprint density at radius 3 is 2.07 bits per heavy atom. The van der Waals surface area contributed by atoms with Gasteiger partial charge in [-0.3, -0.25) is 0 Å². The van der Waals surface area contributed by atoms with E-state index in [1.807, 2.05) is 26.8 Å². The maximum atomic E-state index is 13.7. The molecular weight excluding hydrogens is 925 g/mol. The molecule has 7 rings (SSSR count). The van der Waals surface area contributed by atoms with E-state index in [9.17, 15) is 35.1 Å². The zero-order valence-electron chi connectivity index (χ0n) is 44.4. The van der Waals surface area contributed by atoms with Crippen LogP contribution in [0.5, 0.6) is 0 Å². The minimum Gasteiger partial charge on any atom is -0.458 e. The van der Waals surface area contributed by atoms with Crippen molar-refractivity contribution in [1.29, 1.82) is 0 Å². The Morgan fingerprint density at radius 1 is 0.789 bits per heavy atom. The summed E-state index contributed by atoms with van der Waals surface area (Å²) in [5, 5.41) is 60.6. The van der Waals surface area contributed by atoms with Crippen LogP contribution < -0.4 is 0 Å². The number of aliphatic hydroxyl groups excluding tert-OH is 2. The first-order chi connectivity index (χ1) is 33.2. The summed E-state index contributed by atoms with van der Waals surface area (Å²) in [5.74, 6) is -2.86. The second-order valence-corrected chi connectivity index (χ2v) is 22.2. The normalized spacial score (nSPS) is 48.7. The van der Waals surface area contributed by atoms with E-state index < -0.39 is 137 Å². The average molecular weight is 1010 g/mol. The van der Waals surface area contributed by atoms with Crippen LogP contribution in [0.15, 0.2) is 34.9 Å². The lowest BCUT2D eigenvalue weighted by Crippen LogP contribution is -2.78. The van der Waals surface area contributed by atoms with Gasteiger partial charge in [0.1, 0.15) is 59.5 Å². The molecule has 0 aromatic heterocycles. The summed E-state index contributed by atoms with van der Waals surface area (Å²) in [4.78, 5) is 26.7. The summed E-state index contributed by atoms with van der Waals surface area (Å²) in [6.45, 7) is 19.4. The van der Waals surface area contributed by atoms with Crippen LogP contribution in [0.25, 0.3) is 0 Å². The zero-order chi connectivity index (χ0) is 52.4. The Morgan fingerprint density at radius 2 is 1.44 bits per heavy atom. The fourth-order valence-corrected chi connectivity index (χ4v) is 13.8. The van der Waals surface area contributed by atoms with Crippen LogP contribution in [-0.2, 0) is 61.7 Å². The van der Waals surface area contributed by atoms with Gasteiger partial charge in [-0.15, -0.1) is 0 Å². The highest BCUT2D eigenvalue weighted by Gasteiger charge is 2.81. The number of fused-ring (bicyclic) bond motifs is 5. The molecule has 71 heavy (non-hydrogen) atoms. The summed E-state index contributed by atoms with van der Waals surface area (Å²) in [7, 11) is 4.61. The predicted octanol–water partition coefficient (Wildman–Crippen LogP) is 4.62. The molecule has 0 bridgehead atoms. The summed E-state index contributed by atoms with van der Waals surface area (Å²) in [6, 6.07) is 0. The average Bonchev–Trinajstić information content (AvgIpc) is 3.56. The molecule has 3 heterocycles. The first-order valence-electron chi connectivity index (χ1n) is 25.7. The van der Waals surface area contributed by atoms with E-state index in [1.54, 1.807) is 74.8 Å². The van der Waals surface area contributed by atoms with Crippen molar-refractivity contribution < 1.29 is 87.2 Å². The molecule has 404 valence electrons. The molecule has 18 heteroatoms. The van der Waals surface area contributed by atoms with Gasteiger partial charge in [0, 0.05) is 51.2 Å². The van der Waals surface area contributed by atoms with Crippen molar-refractivity contribution in [3.63, 3.8) is 0 Å². The van der Waals surface area contributed by atoms with Crippen molar-refractivity contribution in [2.24, 2.45) is 16.7 Å². The second kappa shape index (κ2) is 21.0. The van der Waals surface area contributed by atoms with Crippen molar-refractivity contribution in [2.75, 3.05) is 21.3 Å². The molecule has 0 aromatic carbocycles. The molecule has 0 radical (unpaired) electrons. The smallest absolute Gasteiger partial charge is 0.333 e. The van der Waals surface area contributed by atoms with E-state index in [-0.39, 0.29) is 31.8 Å². The number of rotatable bonds is 14. The van der Waals surface area contributed by atoms with Gasteiger partial charge in [-0.1, -0.05) is 37.6 Å². The molecule has 18 nitrogen and oxygen atoms in total. The number of allylic oxidation sites excluding steroid dienone is 2. The Kier molecular flexibility index (Phi) is 16.6. The molecule has 0 spiro atoms. The number of aliphatic hydroxyl groups is 5. The molecule has 3 aliphatic heterocycles. The van der Waals surface area contributed by atoms with E-state index in [0.29, 0.717) is 43.3 Å². The van der Waals surface area contributed by atoms with Gasteiger partial charge in [0.2, 0.25) is 0 Å². The lowest BCUT2D eigenvalue weighted by atomic mass is 9.42. The predicted molar refractivity (Wildman–Crippen MR) is 255 cm³/mol. The largest absolute Gasteiger partial charge is 0.458 e. The van der Waals surface area contributed by atoms with Crippen LogP contribution in [0.2, 0.25) is 0 Å². The third-order valence-corrected chi connectivity index (χ3v) is 18.5. The number of ether oxygens (including phenoxy) is 11. The van der Waals surface area contributed by atoms with E-state index in [0.717, 1.165) is 5.57 Å². The quantitative estimate of drug-likeness (QED) is 0.0907. The Hall–Kier alpha value is -2.40. The molecule has 6 fully saturated rings. The number of carbonyl (C=O) groups excluding carboxylic acids is 2. The number of methoxy groups -OCH3 is 3. The van der Waals surface area contributed by atoms with Crippen molar-refractivity contribution in [3.05, 3.63) is 34.9 Å². The maximum Gasteiger partial charge on any atom is 0.333 e. The maximum absolute atomic E-state index is 13.7. The van der Waals surface area contributed by atoms with Crippen LogP contribution in [0.4, 0.5) is 0 Å². The fraction of sp³-hybridized carbons (Fsp3) is 0.849. The number of esters is 2.